The lowest BCUT2D eigenvalue weighted by Gasteiger charge is -2.03. The second kappa shape index (κ2) is 3.10. The van der Waals surface area contributed by atoms with Crippen LogP contribution in [0, 0.1) is 0 Å². The topological polar surface area (TPSA) is 53.1 Å². The molecule has 1 aromatic heterocycles. The standard InChI is InChI=1S/C11H11N3O/c12-11-9-6-15-7-10(9)14(13-11)8-4-2-1-3-5-8/h1-5H,6-7H2,(H2,12,13). The van der Waals surface area contributed by atoms with Crippen molar-refractivity contribution < 1.29 is 4.74 Å². The van der Waals surface area contributed by atoms with Crippen LogP contribution in [0.3, 0.4) is 0 Å². The van der Waals surface area contributed by atoms with Crippen LogP contribution in [0.5, 0.6) is 0 Å². The number of nitrogens with two attached hydrogens (primary N) is 1. The number of aromatic nitrogens is 2. The maximum Gasteiger partial charge on any atom is 0.151 e. The Morgan fingerprint density at radius 2 is 2.00 bits per heavy atom. The van der Waals surface area contributed by atoms with E-state index in [-0.39, 0.29) is 0 Å². The van der Waals surface area contributed by atoms with Crippen LogP contribution in [0.2, 0.25) is 0 Å². The number of para-hydroxylation sites is 1. The summed E-state index contributed by atoms with van der Waals surface area (Å²) in [7, 11) is 0. The Kier molecular flexibility index (Phi) is 1.76. The van der Waals surface area contributed by atoms with E-state index < -0.39 is 0 Å². The van der Waals surface area contributed by atoms with Gasteiger partial charge in [-0.1, -0.05) is 18.2 Å². The van der Waals surface area contributed by atoms with Gasteiger partial charge in [-0.25, -0.2) is 4.68 Å². The van der Waals surface area contributed by atoms with E-state index >= 15 is 0 Å². The predicted octanol–water partition coefficient (Wildman–Crippen LogP) is 1.48. The Bertz CT molecular complexity index is 490. The molecule has 0 unspecified atom stereocenters. The Morgan fingerprint density at radius 1 is 1.20 bits per heavy atom. The summed E-state index contributed by atoms with van der Waals surface area (Å²) < 4.78 is 7.22. The predicted molar refractivity (Wildman–Crippen MR) is 56.5 cm³/mol. The second-order valence-corrected chi connectivity index (χ2v) is 3.55. The molecule has 0 saturated heterocycles. The summed E-state index contributed by atoms with van der Waals surface area (Å²) in [6.45, 7) is 1.17. The fourth-order valence-electron chi connectivity index (χ4n) is 1.84. The van der Waals surface area contributed by atoms with E-state index in [0.717, 1.165) is 16.9 Å². The zero-order valence-corrected chi connectivity index (χ0v) is 8.18. The summed E-state index contributed by atoms with van der Waals surface area (Å²) in [5, 5.41) is 4.32. The van der Waals surface area contributed by atoms with Crippen molar-refractivity contribution in [3.8, 4) is 5.69 Å². The molecule has 3 rings (SSSR count). The number of hydrogen-bond donors (Lipinski definition) is 1. The molecule has 0 fully saturated rings. The Hall–Kier alpha value is -1.81. The molecule has 4 nitrogen and oxygen atoms in total. The molecular formula is C11H11N3O. The summed E-state index contributed by atoms with van der Waals surface area (Å²) in [4.78, 5) is 0. The fraction of sp³-hybridized carbons (Fsp3) is 0.182. The molecule has 2 N–H and O–H groups in total. The van der Waals surface area contributed by atoms with Crippen LogP contribution in [-0.2, 0) is 18.0 Å². The van der Waals surface area contributed by atoms with Crippen molar-refractivity contribution in [2.45, 2.75) is 13.2 Å². The van der Waals surface area contributed by atoms with Gasteiger partial charge in [-0.2, -0.15) is 0 Å². The highest BCUT2D eigenvalue weighted by Gasteiger charge is 2.21. The first-order chi connectivity index (χ1) is 7.36. The van der Waals surface area contributed by atoms with Crippen LogP contribution in [0.25, 0.3) is 5.69 Å². The lowest BCUT2D eigenvalue weighted by Crippen LogP contribution is -2.01. The normalized spacial score (nSPS) is 14.1. The number of nitrogens with zero attached hydrogens (tertiary/aromatic N) is 2. The number of benzene rings is 1. The highest BCUT2D eigenvalue weighted by Crippen LogP contribution is 2.27. The van der Waals surface area contributed by atoms with Crippen molar-refractivity contribution in [3.05, 3.63) is 41.6 Å². The molecule has 15 heavy (non-hydrogen) atoms. The minimum absolute atomic E-state index is 0.575. The maximum atomic E-state index is 5.82. The zero-order chi connectivity index (χ0) is 10.3. The number of anilines is 1. The summed E-state index contributed by atoms with van der Waals surface area (Å²) in [6, 6.07) is 9.95. The fourth-order valence-corrected chi connectivity index (χ4v) is 1.84. The van der Waals surface area contributed by atoms with E-state index in [0.29, 0.717) is 19.0 Å². The van der Waals surface area contributed by atoms with Gasteiger partial charge in [0.1, 0.15) is 0 Å². The minimum atomic E-state index is 0.575. The molecule has 2 heterocycles. The van der Waals surface area contributed by atoms with E-state index in [2.05, 4.69) is 5.10 Å². The average molecular weight is 201 g/mol. The van der Waals surface area contributed by atoms with Gasteiger partial charge in [-0.05, 0) is 12.1 Å². The van der Waals surface area contributed by atoms with Crippen LogP contribution in [-0.4, -0.2) is 9.78 Å². The number of rotatable bonds is 1. The molecule has 0 radical (unpaired) electrons. The van der Waals surface area contributed by atoms with Crippen LogP contribution in [0.15, 0.2) is 30.3 Å². The van der Waals surface area contributed by atoms with Gasteiger partial charge in [-0.3, -0.25) is 0 Å². The van der Waals surface area contributed by atoms with Gasteiger partial charge < -0.3 is 10.5 Å². The quantitative estimate of drug-likeness (QED) is 0.760. The molecule has 0 saturated carbocycles. The molecule has 1 aliphatic rings. The monoisotopic (exact) mass is 201 g/mol. The number of nitrogen functional groups attached to an aromatic ring is 1. The average Bonchev–Trinajstić information content (AvgIpc) is 2.84. The van der Waals surface area contributed by atoms with Crippen molar-refractivity contribution in [1.29, 1.82) is 0 Å². The van der Waals surface area contributed by atoms with Crippen molar-refractivity contribution >= 4 is 5.82 Å². The van der Waals surface area contributed by atoms with E-state index in [9.17, 15) is 0 Å². The first-order valence-corrected chi connectivity index (χ1v) is 4.85. The first kappa shape index (κ1) is 8.49. The molecular weight excluding hydrogens is 190 g/mol. The van der Waals surface area contributed by atoms with Gasteiger partial charge in [0.25, 0.3) is 0 Å². The molecule has 1 aromatic carbocycles. The van der Waals surface area contributed by atoms with Crippen LogP contribution >= 0.6 is 0 Å². The zero-order valence-electron chi connectivity index (χ0n) is 8.18. The van der Waals surface area contributed by atoms with Gasteiger partial charge in [0.2, 0.25) is 0 Å². The molecule has 0 atom stereocenters. The SMILES string of the molecule is Nc1nn(-c2ccccc2)c2c1COC2. The minimum Gasteiger partial charge on any atom is -0.382 e. The molecule has 1 aliphatic heterocycles. The van der Waals surface area contributed by atoms with Crippen LogP contribution < -0.4 is 5.73 Å². The summed E-state index contributed by atoms with van der Waals surface area (Å²) in [5.41, 5.74) is 8.94. The van der Waals surface area contributed by atoms with Crippen molar-refractivity contribution in [2.75, 3.05) is 5.73 Å². The smallest absolute Gasteiger partial charge is 0.151 e. The second-order valence-electron chi connectivity index (χ2n) is 3.55. The van der Waals surface area contributed by atoms with Gasteiger partial charge >= 0.3 is 0 Å². The Balaban J connectivity index is 2.18. The van der Waals surface area contributed by atoms with Crippen molar-refractivity contribution in [1.82, 2.24) is 9.78 Å². The third kappa shape index (κ3) is 1.22. The highest BCUT2D eigenvalue weighted by molar-refractivity contribution is 5.47. The van der Waals surface area contributed by atoms with E-state index in [1.807, 2.05) is 35.0 Å². The van der Waals surface area contributed by atoms with Gasteiger partial charge in [0.15, 0.2) is 5.82 Å². The molecule has 0 aliphatic carbocycles. The molecule has 76 valence electrons. The molecule has 2 aromatic rings. The molecule has 4 heteroatoms. The summed E-state index contributed by atoms with van der Waals surface area (Å²) in [5.74, 6) is 0.575. The third-order valence-electron chi connectivity index (χ3n) is 2.61. The number of fused-ring (bicyclic) bond motifs is 1. The van der Waals surface area contributed by atoms with Gasteiger partial charge in [0, 0.05) is 5.56 Å². The highest BCUT2D eigenvalue weighted by atomic mass is 16.5. The third-order valence-corrected chi connectivity index (χ3v) is 2.61. The first-order valence-electron chi connectivity index (χ1n) is 4.85. The van der Waals surface area contributed by atoms with Crippen molar-refractivity contribution in [2.24, 2.45) is 0 Å². The number of ether oxygens (including phenoxy) is 1. The van der Waals surface area contributed by atoms with E-state index in [4.69, 9.17) is 10.5 Å². The Morgan fingerprint density at radius 3 is 2.80 bits per heavy atom. The maximum absolute atomic E-state index is 5.82. The lowest BCUT2D eigenvalue weighted by atomic mass is 10.2. The number of hydrogen-bond acceptors (Lipinski definition) is 3. The van der Waals surface area contributed by atoms with E-state index in [1.54, 1.807) is 0 Å². The van der Waals surface area contributed by atoms with Crippen LogP contribution in [0.4, 0.5) is 5.82 Å². The van der Waals surface area contributed by atoms with Crippen molar-refractivity contribution in [3.63, 3.8) is 0 Å². The molecule has 0 spiro atoms. The largest absolute Gasteiger partial charge is 0.382 e. The van der Waals surface area contributed by atoms with Crippen LogP contribution in [0.1, 0.15) is 11.3 Å². The lowest BCUT2D eigenvalue weighted by molar-refractivity contribution is 0.131. The Labute approximate surface area is 87.3 Å². The summed E-state index contributed by atoms with van der Waals surface area (Å²) in [6.07, 6.45) is 0. The summed E-state index contributed by atoms with van der Waals surface area (Å²) >= 11 is 0. The van der Waals surface area contributed by atoms with E-state index in [1.165, 1.54) is 0 Å². The van der Waals surface area contributed by atoms with Gasteiger partial charge in [0.05, 0.1) is 24.6 Å². The van der Waals surface area contributed by atoms with Gasteiger partial charge in [-0.15, -0.1) is 5.10 Å². The molecule has 0 bridgehead atoms. The molecule has 0 amide bonds.